The third-order valence-electron chi connectivity index (χ3n) is 3.61. The highest BCUT2D eigenvalue weighted by molar-refractivity contribution is 9.10. The number of carbonyl (C=O) groups excluding carboxylic acids is 1. The number of halogens is 1. The standard InChI is InChI=1S/C15H21BrN2OS/c1-10(20-14-8-2-11(16)3-9-14)15(19)18-13-6-4-12(17)5-7-13/h2-3,8-10,12-13H,4-7,17H2,1H3,(H,18,19). The maximum atomic E-state index is 12.2. The van der Waals surface area contributed by atoms with E-state index in [2.05, 4.69) is 21.2 Å². The van der Waals surface area contributed by atoms with Crippen LogP contribution < -0.4 is 11.1 Å². The van der Waals surface area contributed by atoms with E-state index >= 15 is 0 Å². The lowest BCUT2D eigenvalue weighted by molar-refractivity contribution is -0.121. The van der Waals surface area contributed by atoms with Gasteiger partial charge >= 0.3 is 0 Å². The fraction of sp³-hybridized carbons (Fsp3) is 0.533. The summed E-state index contributed by atoms with van der Waals surface area (Å²) in [7, 11) is 0. The first-order chi connectivity index (χ1) is 9.54. The van der Waals surface area contributed by atoms with Crippen LogP contribution in [0, 0.1) is 0 Å². The highest BCUT2D eigenvalue weighted by atomic mass is 79.9. The second-order valence-electron chi connectivity index (χ2n) is 5.33. The molecule has 1 aromatic rings. The van der Waals surface area contributed by atoms with Crippen LogP contribution in [0.2, 0.25) is 0 Å². The van der Waals surface area contributed by atoms with Crippen molar-refractivity contribution in [1.29, 1.82) is 0 Å². The van der Waals surface area contributed by atoms with E-state index < -0.39 is 0 Å². The van der Waals surface area contributed by atoms with E-state index in [0.29, 0.717) is 12.1 Å². The monoisotopic (exact) mass is 356 g/mol. The lowest BCUT2D eigenvalue weighted by Crippen LogP contribution is -2.43. The summed E-state index contributed by atoms with van der Waals surface area (Å²) >= 11 is 5.00. The van der Waals surface area contributed by atoms with Crippen LogP contribution in [0.25, 0.3) is 0 Å². The molecule has 110 valence electrons. The van der Waals surface area contributed by atoms with Crippen LogP contribution >= 0.6 is 27.7 Å². The van der Waals surface area contributed by atoms with Crippen LogP contribution in [-0.4, -0.2) is 23.2 Å². The quantitative estimate of drug-likeness (QED) is 0.813. The number of nitrogens with two attached hydrogens (primary N) is 1. The zero-order valence-corrected chi connectivity index (χ0v) is 14.0. The molecule has 1 aliphatic rings. The van der Waals surface area contributed by atoms with Crippen molar-refractivity contribution in [2.75, 3.05) is 0 Å². The molecule has 0 bridgehead atoms. The highest BCUT2D eigenvalue weighted by Crippen LogP contribution is 2.25. The van der Waals surface area contributed by atoms with E-state index in [1.54, 1.807) is 11.8 Å². The van der Waals surface area contributed by atoms with Crippen molar-refractivity contribution in [2.45, 2.75) is 54.8 Å². The number of nitrogens with one attached hydrogen (secondary N) is 1. The van der Waals surface area contributed by atoms with Crippen molar-refractivity contribution in [2.24, 2.45) is 5.73 Å². The summed E-state index contributed by atoms with van der Waals surface area (Å²) < 4.78 is 1.05. The largest absolute Gasteiger partial charge is 0.352 e. The van der Waals surface area contributed by atoms with E-state index in [-0.39, 0.29) is 11.2 Å². The lowest BCUT2D eigenvalue weighted by atomic mass is 9.92. The Morgan fingerprint density at radius 2 is 1.90 bits per heavy atom. The van der Waals surface area contributed by atoms with E-state index in [4.69, 9.17) is 5.73 Å². The van der Waals surface area contributed by atoms with E-state index in [9.17, 15) is 4.79 Å². The van der Waals surface area contributed by atoms with Crippen LogP contribution in [0.15, 0.2) is 33.6 Å². The summed E-state index contributed by atoms with van der Waals surface area (Å²) in [6.45, 7) is 1.95. The number of hydrogen-bond acceptors (Lipinski definition) is 3. The summed E-state index contributed by atoms with van der Waals surface area (Å²) in [5.41, 5.74) is 5.88. The molecule has 1 unspecified atom stereocenters. The molecular formula is C15H21BrN2OS. The molecule has 0 heterocycles. The minimum atomic E-state index is -0.0771. The Morgan fingerprint density at radius 3 is 2.50 bits per heavy atom. The normalized spacial score (nSPS) is 24.1. The molecular weight excluding hydrogens is 336 g/mol. The number of thioether (sulfide) groups is 1. The minimum Gasteiger partial charge on any atom is -0.352 e. The van der Waals surface area contributed by atoms with E-state index in [1.807, 2.05) is 31.2 Å². The van der Waals surface area contributed by atoms with Gasteiger partial charge in [-0.25, -0.2) is 0 Å². The van der Waals surface area contributed by atoms with Gasteiger partial charge in [0.25, 0.3) is 0 Å². The molecule has 1 aromatic carbocycles. The predicted octanol–water partition coefficient (Wildman–Crippen LogP) is 3.32. The van der Waals surface area contributed by atoms with Gasteiger partial charge in [-0.1, -0.05) is 15.9 Å². The molecule has 1 saturated carbocycles. The van der Waals surface area contributed by atoms with Gasteiger partial charge < -0.3 is 11.1 Å². The zero-order chi connectivity index (χ0) is 14.5. The van der Waals surface area contributed by atoms with Crippen molar-refractivity contribution >= 4 is 33.6 Å². The summed E-state index contributed by atoms with van der Waals surface area (Å²) in [6, 6.07) is 8.66. The van der Waals surface area contributed by atoms with Gasteiger partial charge in [0, 0.05) is 21.5 Å². The average molecular weight is 357 g/mol. The smallest absolute Gasteiger partial charge is 0.233 e. The molecule has 5 heteroatoms. The van der Waals surface area contributed by atoms with Crippen LogP contribution in [0.1, 0.15) is 32.6 Å². The molecule has 0 aliphatic heterocycles. The molecule has 0 spiro atoms. The average Bonchev–Trinajstić information content (AvgIpc) is 2.44. The molecule has 3 N–H and O–H groups in total. The Balaban J connectivity index is 1.81. The first kappa shape index (κ1) is 15.9. The second kappa shape index (κ2) is 7.48. The zero-order valence-electron chi connectivity index (χ0n) is 11.6. The van der Waals surface area contributed by atoms with Gasteiger partial charge in [0.1, 0.15) is 0 Å². The first-order valence-electron chi connectivity index (χ1n) is 7.03. The Bertz CT molecular complexity index is 444. The van der Waals surface area contributed by atoms with Gasteiger partial charge in [-0.05, 0) is 56.9 Å². The Labute approximate surface area is 133 Å². The number of rotatable bonds is 4. The van der Waals surface area contributed by atoms with Crippen LogP contribution in [0.5, 0.6) is 0 Å². The fourth-order valence-electron chi connectivity index (χ4n) is 2.35. The van der Waals surface area contributed by atoms with Crippen LogP contribution in [0.3, 0.4) is 0 Å². The van der Waals surface area contributed by atoms with Crippen LogP contribution in [-0.2, 0) is 4.79 Å². The number of hydrogen-bond donors (Lipinski definition) is 2. The second-order valence-corrected chi connectivity index (χ2v) is 7.66. The van der Waals surface area contributed by atoms with E-state index in [0.717, 1.165) is 35.1 Å². The molecule has 0 radical (unpaired) electrons. The summed E-state index contributed by atoms with van der Waals surface area (Å²) in [5, 5.41) is 3.07. The van der Waals surface area contributed by atoms with Crippen molar-refractivity contribution in [3.8, 4) is 0 Å². The SMILES string of the molecule is CC(Sc1ccc(Br)cc1)C(=O)NC1CCC(N)CC1. The van der Waals surface area contributed by atoms with Gasteiger partial charge in [-0.15, -0.1) is 11.8 Å². The van der Waals surface area contributed by atoms with Crippen molar-refractivity contribution < 1.29 is 4.79 Å². The Hall–Kier alpha value is -0.520. The summed E-state index contributed by atoms with van der Waals surface area (Å²) in [5.74, 6) is 0.124. The third-order valence-corrected chi connectivity index (χ3v) is 5.25. The summed E-state index contributed by atoms with van der Waals surface area (Å²) in [6.07, 6.45) is 4.03. The molecule has 3 nitrogen and oxygen atoms in total. The molecule has 0 aromatic heterocycles. The number of benzene rings is 1. The Morgan fingerprint density at radius 1 is 1.30 bits per heavy atom. The number of amides is 1. The topological polar surface area (TPSA) is 55.1 Å². The molecule has 1 atom stereocenters. The van der Waals surface area contributed by atoms with Gasteiger partial charge in [0.2, 0.25) is 5.91 Å². The maximum Gasteiger partial charge on any atom is 0.233 e. The van der Waals surface area contributed by atoms with Crippen molar-refractivity contribution in [3.63, 3.8) is 0 Å². The lowest BCUT2D eigenvalue weighted by Gasteiger charge is -2.27. The van der Waals surface area contributed by atoms with Gasteiger partial charge in [0.15, 0.2) is 0 Å². The molecule has 1 amide bonds. The molecule has 2 rings (SSSR count). The highest BCUT2D eigenvalue weighted by Gasteiger charge is 2.22. The third kappa shape index (κ3) is 4.79. The fourth-order valence-corrected chi connectivity index (χ4v) is 3.49. The maximum absolute atomic E-state index is 12.2. The van der Waals surface area contributed by atoms with Crippen molar-refractivity contribution in [1.82, 2.24) is 5.32 Å². The summed E-state index contributed by atoms with van der Waals surface area (Å²) in [4.78, 5) is 13.3. The van der Waals surface area contributed by atoms with E-state index in [1.165, 1.54) is 0 Å². The predicted molar refractivity (Wildman–Crippen MR) is 87.8 cm³/mol. The molecule has 1 aliphatic carbocycles. The first-order valence-corrected chi connectivity index (χ1v) is 8.70. The van der Waals surface area contributed by atoms with Gasteiger partial charge in [-0.2, -0.15) is 0 Å². The van der Waals surface area contributed by atoms with Gasteiger partial charge in [-0.3, -0.25) is 4.79 Å². The molecule has 20 heavy (non-hydrogen) atoms. The minimum absolute atomic E-state index is 0.0771. The Kier molecular flexibility index (Phi) is 5.93. The number of carbonyl (C=O) groups is 1. The van der Waals surface area contributed by atoms with Crippen LogP contribution in [0.4, 0.5) is 0 Å². The molecule has 0 saturated heterocycles. The van der Waals surface area contributed by atoms with Crippen molar-refractivity contribution in [3.05, 3.63) is 28.7 Å². The molecule has 1 fully saturated rings. The van der Waals surface area contributed by atoms with Gasteiger partial charge in [0.05, 0.1) is 5.25 Å².